The Hall–Kier alpha value is -1.25. The largest absolute Gasteiger partial charge is 0.491 e. The third kappa shape index (κ3) is 2.61. The molecule has 13 heavy (non-hydrogen) atoms. The van der Waals surface area contributed by atoms with Gasteiger partial charge >= 0.3 is 0 Å². The first-order valence-electron chi connectivity index (χ1n) is 4.29. The normalized spacial score (nSPS) is 10.0. The lowest BCUT2D eigenvalue weighted by atomic mass is 10.2. The summed E-state index contributed by atoms with van der Waals surface area (Å²) in [6.07, 6.45) is 0.410. The van der Waals surface area contributed by atoms with Crippen molar-refractivity contribution in [3.05, 3.63) is 23.8 Å². The number of ether oxygens (including phenoxy) is 1. The van der Waals surface area contributed by atoms with Gasteiger partial charge in [0.25, 0.3) is 0 Å². The first kappa shape index (κ1) is 9.84. The van der Waals surface area contributed by atoms with Crippen LogP contribution in [0.4, 0.5) is 10.1 Å². The molecule has 0 amide bonds. The Morgan fingerprint density at radius 3 is 2.92 bits per heavy atom. The highest BCUT2D eigenvalue weighted by Gasteiger charge is 2.01. The van der Waals surface area contributed by atoms with Crippen molar-refractivity contribution in [2.75, 3.05) is 19.0 Å². The van der Waals surface area contributed by atoms with Gasteiger partial charge in [-0.15, -0.1) is 0 Å². The number of hydrogen-bond donors (Lipinski definition) is 1. The maximum absolute atomic E-state index is 11.8. The number of nitrogen functional groups attached to an aromatic ring is 1. The second-order valence-corrected chi connectivity index (χ2v) is 2.88. The first-order chi connectivity index (χ1) is 6.25. The Bertz CT molecular complexity index is 276. The van der Waals surface area contributed by atoms with Gasteiger partial charge in [-0.2, -0.15) is 0 Å². The average molecular weight is 183 g/mol. The molecule has 2 nitrogen and oxygen atoms in total. The summed E-state index contributed by atoms with van der Waals surface area (Å²) >= 11 is 0. The molecule has 1 aromatic rings. The predicted octanol–water partition coefficient (Wildman–Crippen LogP) is 2.32. The van der Waals surface area contributed by atoms with Gasteiger partial charge in [0.1, 0.15) is 5.75 Å². The van der Waals surface area contributed by atoms with E-state index in [-0.39, 0.29) is 6.67 Å². The molecule has 0 unspecified atom stereocenters. The SMILES string of the molecule is Cc1cccc(OCCCF)c1N. The molecule has 0 fully saturated rings. The number of para-hydroxylation sites is 1. The second kappa shape index (κ2) is 4.70. The van der Waals surface area contributed by atoms with Gasteiger partial charge in [-0.25, -0.2) is 0 Å². The highest BCUT2D eigenvalue weighted by Crippen LogP contribution is 2.24. The van der Waals surface area contributed by atoms with Crippen molar-refractivity contribution < 1.29 is 9.13 Å². The highest BCUT2D eigenvalue weighted by atomic mass is 19.1. The molecule has 0 radical (unpaired) electrons. The van der Waals surface area contributed by atoms with Crippen LogP contribution < -0.4 is 10.5 Å². The van der Waals surface area contributed by atoms with Crippen LogP contribution in [0, 0.1) is 6.92 Å². The van der Waals surface area contributed by atoms with E-state index >= 15 is 0 Å². The Morgan fingerprint density at radius 1 is 1.46 bits per heavy atom. The molecule has 3 heteroatoms. The number of hydrogen-bond acceptors (Lipinski definition) is 2. The van der Waals surface area contributed by atoms with E-state index in [1.807, 2.05) is 19.1 Å². The van der Waals surface area contributed by atoms with E-state index in [0.717, 1.165) is 5.56 Å². The summed E-state index contributed by atoms with van der Waals surface area (Å²) < 4.78 is 17.1. The summed E-state index contributed by atoms with van der Waals surface area (Å²) in [4.78, 5) is 0. The third-order valence-corrected chi connectivity index (χ3v) is 1.82. The zero-order valence-corrected chi connectivity index (χ0v) is 7.72. The second-order valence-electron chi connectivity index (χ2n) is 2.88. The minimum absolute atomic E-state index is 0.355. The fourth-order valence-corrected chi connectivity index (χ4v) is 1.02. The molecular formula is C10H14FNO. The Morgan fingerprint density at radius 2 is 2.23 bits per heavy atom. The van der Waals surface area contributed by atoms with Crippen LogP contribution in [-0.4, -0.2) is 13.3 Å². The monoisotopic (exact) mass is 183 g/mol. The lowest BCUT2D eigenvalue weighted by Crippen LogP contribution is -2.01. The molecule has 0 aromatic heterocycles. The molecule has 2 N–H and O–H groups in total. The molecule has 0 bridgehead atoms. The van der Waals surface area contributed by atoms with Gasteiger partial charge in [-0.3, -0.25) is 4.39 Å². The Balaban J connectivity index is 2.61. The summed E-state index contributed by atoms with van der Waals surface area (Å²) in [5.74, 6) is 0.647. The molecular weight excluding hydrogens is 169 g/mol. The first-order valence-corrected chi connectivity index (χ1v) is 4.29. The lowest BCUT2D eigenvalue weighted by Gasteiger charge is -2.09. The number of aryl methyl sites for hydroxylation is 1. The van der Waals surface area contributed by atoms with E-state index in [9.17, 15) is 4.39 Å². The standard InChI is InChI=1S/C10H14FNO/c1-8-4-2-5-9(10(8)12)13-7-3-6-11/h2,4-5H,3,6-7,12H2,1H3. The summed E-state index contributed by atoms with van der Waals surface area (Å²) in [5.41, 5.74) is 7.37. The number of rotatable bonds is 4. The fraction of sp³-hybridized carbons (Fsp3) is 0.400. The number of halogens is 1. The van der Waals surface area contributed by atoms with Crippen LogP contribution in [0.2, 0.25) is 0 Å². The molecule has 0 aliphatic heterocycles. The van der Waals surface area contributed by atoms with E-state index in [1.54, 1.807) is 6.07 Å². The zero-order chi connectivity index (χ0) is 9.68. The molecule has 0 spiro atoms. The van der Waals surface area contributed by atoms with Crippen molar-refractivity contribution in [3.8, 4) is 5.75 Å². The van der Waals surface area contributed by atoms with E-state index in [2.05, 4.69) is 0 Å². The molecule has 1 rings (SSSR count). The van der Waals surface area contributed by atoms with Crippen molar-refractivity contribution in [1.82, 2.24) is 0 Å². The number of alkyl halides is 1. The van der Waals surface area contributed by atoms with E-state index in [0.29, 0.717) is 24.5 Å². The average Bonchev–Trinajstić information content (AvgIpc) is 2.13. The predicted molar refractivity (Wildman–Crippen MR) is 51.7 cm³/mol. The third-order valence-electron chi connectivity index (χ3n) is 1.82. The van der Waals surface area contributed by atoms with Crippen LogP contribution in [0.3, 0.4) is 0 Å². The van der Waals surface area contributed by atoms with Gasteiger partial charge in [0.05, 0.1) is 19.0 Å². The molecule has 0 heterocycles. The highest BCUT2D eigenvalue weighted by molar-refractivity contribution is 5.57. The molecule has 0 aliphatic carbocycles. The van der Waals surface area contributed by atoms with Crippen molar-refractivity contribution in [1.29, 1.82) is 0 Å². The number of nitrogens with two attached hydrogens (primary N) is 1. The fourth-order valence-electron chi connectivity index (χ4n) is 1.02. The maximum atomic E-state index is 11.8. The van der Waals surface area contributed by atoms with Crippen molar-refractivity contribution in [2.45, 2.75) is 13.3 Å². The molecule has 0 saturated heterocycles. The minimum atomic E-state index is -0.355. The van der Waals surface area contributed by atoms with E-state index in [4.69, 9.17) is 10.5 Å². The van der Waals surface area contributed by atoms with E-state index < -0.39 is 0 Å². The van der Waals surface area contributed by atoms with E-state index in [1.165, 1.54) is 0 Å². The van der Waals surface area contributed by atoms with Crippen LogP contribution in [0.15, 0.2) is 18.2 Å². The van der Waals surface area contributed by atoms with Crippen molar-refractivity contribution >= 4 is 5.69 Å². The molecule has 0 aliphatic rings. The number of anilines is 1. The van der Waals surface area contributed by atoms with Crippen LogP contribution in [0.5, 0.6) is 5.75 Å². The maximum Gasteiger partial charge on any atom is 0.142 e. The van der Waals surface area contributed by atoms with Crippen LogP contribution in [0.25, 0.3) is 0 Å². The summed E-state index contributed by atoms with van der Waals surface area (Å²) in [6.45, 7) is 1.94. The summed E-state index contributed by atoms with van der Waals surface area (Å²) in [5, 5.41) is 0. The van der Waals surface area contributed by atoms with Crippen LogP contribution >= 0.6 is 0 Å². The van der Waals surface area contributed by atoms with Crippen LogP contribution in [0.1, 0.15) is 12.0 Å². The zero-order valence-electron chi connectivity index (χ0n) is 7.72. The smallest absolute Gasteiger partial charge is 0.142 e. The molecule has 0 atom stereocenters. The Kier molecular flexibility index (Phi) is 3.55. The van der Waals surface area contributed by atoms with Gasteiger partial charge in [0.2, 0.25) is 0 Å². The van der Waals surface area contributed by atoms with Gasteiger partial charge in [0, 0.05) is 6.42 Å². The quantitative estimate of drug-likeness (QED) is 0.574. The number of benzene rings is 1. The molecule has 1 aromatic carbocycles. The Labute approximate surface area is 77.5 Å². The van der Waals surface area contributed by atoms with Crippen molar-refractivity contribution in [2.24, 2.45) is 0 Å². The van der Waals surface area contributed by atoms with Gasteiger partial charge in [-0.05, 0) is 18.6 Å². The van der Waals surface area contributed by atoms with Gasteiger partial charge < -0.3 is 10.5 Å². The van der Waals surface area contributed by atoms with Crippen molar-refractivity contribution in [3.63, 3.8) is 0 Å². The lowest BCUT2D eigenvalue weighted by molar-refractivity contribution is 0.291. The minimum Gasteiger partial charge on any atom is -0.491 e. The van der Waals surface area contributed by atoms with Crippen LogP contribution in [-0.2, 0) is 0 Å². The summed E-state index contributed by atoms with van der Waals surface area (Å²) in [6, 6.07) is 5.58. The summed E-state index contributed by atoms with van der Waals surface area (Å²) in [7, 11) is 0. The molecule has 0 saturated carbocycles. The molecule has 72 valence electrons. The van der Waals surface area contributed by atoms with Gasteiger partial charge in [0.15, 0.2) is 0 Å². The topological polar surface area (TPSA) is 35.2 Å². The van der Waals surface area contributed by atoms with Gasteiger partial charge in [-0.1, -0.05) is 12.1 Å².